The zero-order valence-electron chi connectivity index (χ0n) is 11.2. The van der Waals surface area contributed by atoms with Gasteiger partial charge in [-0.15, -0.1) is 0 Å². The average Bonchev–Trinajstić information content (AvgIpc) is 3.11. The number of hydrogen-bond donors (Lipinski definition) is 1. The highest BCUT2D eigenvalue weighted by molar-refractivity contribution is 5.97. The minimum Gasteiger partial charge on any atom is -0.367 e. The molecule has 0 aromatic carbocycles. The third-order valence-corrected chi connectivity index (χ3v) is 3.97. The van der Waals surface area contributed by atoms with E-state index in [4.69, 9.17) is 4.74 Å². The molecule has 20 heavy (non-hydrogen) atoms. The molecule has 0 radical (unpaired) electrons. The molecule has 6 nitrogen and oxygen atoms in total. The van der Waals surface area contributed by atoms with Gasteiger partial charge in [0.05, 0.1) is 24.8 Å². The van der Waals surface area contributed by atoms with Gasteiger partial charge in [-0.2, -0.15) is 0 Å². The Labute approximate surface area is 116 Å². The summed E-state index contributed by atoms with van der Waals surface area (Å²) < 4.78 is 5.62. The second-order valence-electron chi connectivity index (χ2n) is 5.22. The fourth-order valence-corrected chi connectivity index (χ4v) is 2.78. The third kappa shape index (κ3) is 2.38. The normalized spacial score (nSPS) is 26.8. The summed E-state index contributed by atoms with van der Waals surface area (Å²) in [6, 6.07) is 0. The quantitative estimate of drug-likeness (QED) is 0.809. The number of H-pyrrole nitrogens is 1. The summed E-state index contributed by atoms with van der Waals surface area (Å²) in [4.78, 5) is 32.6. The lowest BCUT2D eigenvalue weighted by atomic mass is 9.87. The van der Waals surface area contributed by atoms with Gasteiger partial charge in [-0.25, -0.2) is 4.98 Å². The van der Waals surface area contributed by atoms with Crippen LogP contribution in [0.3, 0.4) is 0 Å². The second kappa shape index (κ2) is 5.20. The van der Waals surface area contributed by atoms with Crippen LogP contribution in [0.1, 0.15) is 25.0 Å². The molecule has 1 aromatic heterocycles. The molecule has 3 heterocycles. The number of hydrogen-bond acceptors (Lipinski definition) is 4. The lowest BCUT2D eigenvalue weighted by Gasteiger charge is -2.36. The molecule has 2 saturated heterocycles. The van der Waals surface area contributed by atoms with Crippen molar-refractivity contribution in [1.82, 2.24) is 14.9 Å². The van der Waals surface area contributed by atoms with Crippen molar-refractivity contribution in [3.63, 3.8) is 0 Å². The van der Waals surface area contributed by atoms with E-state index >= 15 is 0 Å². The number of likely N-dealkylation sites (tertiary alicyclic amines) is 1. The zero-order chi connectivity index (χ0) is 14.0. The fourth-order valence-electron chi connectivity index (χ4n) is 2.78. The summed E-state index contributed by atoms with van der Waals surface area (Å²) >= 11 is 0. The summed E-state index contributed by atoms with van der Waals surface area (Å²) in [6.07, 6.45) is 8.64. The Hall–Kier alpha value is -1.95. The van der Waals surface area contributed by atoms with Gasteiger partial charge in [0.25, 0.3) is 0 Å². The maximum absolute atomic E-state index is 12.2. The summed E-state index contributed by atoms with van der Waals surface area (Å²) in [5, 5.41) is 0. The smallest absolute Gasteiger partial charge is 0.247 e. The van der Waals surface area contributed by atoms with E-state index in [1.165, 1.54) is 6.08 Å². The molecule has 1 N–H and O–H groups in total. The number of Topliss-reactive ketones (excluding diaryl/α,β-unsaturated/α-hetero) is 1. The highest BCUT2D eigenvalue weighted by Gasteiger charge is 2.46. The molecule has 1 atom stereocenters. The first kappa shape index (κ1) is 13.1. The van der Waals surface area contributed by atoms with Crippen LogP contribution in [-0.4, -0.2) is 51.9 Å². The van der Waals surface area contributed by atoms with Crippen LogP contribution in [0.15, 0.2) is 18.6 Å². The predicted molar refractivity (Wildman–Crippen MR) is 71.7 cm³/mol. The first-order valence-electron chi connectivity index (χ1n) is 6.82. The molecular formula is C14H17N3O3. The molecule has 2 fully saturated rings. The van der Waals surface area contributed by atoms with Gasteiger partial charge in [-0.3, -0.25) is 9.59 Å². The zero-order valence-corrected chi connectivity index (χ0v) is 11.2. The lowest BCUT2D eigenvalue weighted by molar-refractivity contribution is -0.151. The molecule has 0 unspecified atom stereocenters. The van der Waals surface area contributed by atoms with Gasteiger partial charge in [-0.05, 0) is 18.9 Å². The van der Waals surface area contributed by atoms with Crippen LogP contribution in [0.5, 0.6) is 0 Å². The van der Waals surface area contributed by atoms with Crippen molar-refractivity contribution < 1.29 is 14.3 Å². The van der Waals surface area contributed by atoms with E-state index < -0.39 is 5.60 Å². The molecule has 2 aliphatic heterocycles. The fraction of sp³-hybridized carbons (Fsp3) is 0.500. The number of ether oxygens (including phenoxy) is 1. The highest BCUT2D eigenvalue weighted by atomic mass is 16.5. The van der Waals surface area contributed by atoms with E-state index in [1.54, 1.807) is 23.5 Å². The number of amides is 1. The Morgan fingerprint density at radius 2 is 2.40 bits per heavy atom. The van der Waals surface area contributed by atoms with Crippen molar-refractivity contribution in [1.29, 1.82) is 0 Å². The van der Waals surface area contributed by atoms with Crippen molar-refractivity contribution in [3.8, 4) is 0 Å². The topological polar surface area (TPSA) is 75.3 Å². The van der Waals surface area contributed by atoms with E-state index in [-0.39, 0.29) is 18.2 Å². The van der Waals surface area contributed by atoms with Crippen LogP contribution in [-0.2, 0) is 14.3 Å². The molecule has 1 amide bonds. The summed E-state index contributed by atoms with van der Waals surface area (Å²) in [5.74, 6) is -0.120. The SMILES string of the molecule is O=C(/C=C/c1cnc[nH]1)N1CC[C@]2(CCCO2)C(=O)C1. The minimum atomic E-state index is -0.607. The predicted octanol–water partition coefficient (Wildman–Crippen LogP) is 0.773. The van der Waals surface area contributed by atoms with Gasteiger partial charge in [0.1, 0.15) is 5.60 Å². The van der Waals surface area contributed by atoms with Crippen molar-refractivity contribution in [3.05, 3.63) is 24.3 Å². The Morgan fingerprint density at radius 3 is 3.05 bits per heavy atom. The molecule has 0 bridgehead atoms. The Balaban J connectivity index is 1.62. The van der Waals surface area contributed by atoms with Gasteiger partial charge in [0.2, 0.25) is 5.91 Å². The van der Waals surface area contributed by atoms with Crippen LogP contribution in [0, 0.1) is 0 Å². The number of carbonyl (C=O) groups excluding carboxylic acids is 2. The van der Waals surface area contributed by atoms with Crippen LogP contribution in [0.4, 0.5) is 0 Å². The van der Waals surface area contributed by atoms with Crippen LogP contribution in [0.2, 0.25) is 0 Å². The first-order valence-corrected chi connectivity index (χ1v) is 6.82. The molecular weight excluding hydrogens is 258 g/mol. The average molecular weight is 275 g/mol. The number of aromatic amines is 1. The van der Waals surface area contributed by atoms with Crippen LogP contribution >= 0.6 is 0 Å². The van der Waals surface area contributed by atoms with Crippen molar-refractivity contribution in [2.24, 2.45) is 0 Å². The molecule has 0 saturated carbocycles. The van der Waals surface area contributed by atoms with E-state index in [2.05, 4.69) is 9.97 Å². The van der Waals surface area contributed by atoms with E-state index in [0.717, 1.165) is 18.5 Å². The number of ketones is 1. The summed E-state index contributed by atoms with van der Waals surface area (Å²) in [7, 11) is 0. The first-order chi connectivity index (χ1) is 9.70. The van der Waals surface area contributed by atoms with Gasteiger partial charge in [0.15, 0.2) is 5.78 Å². The number of nitrogens with one attached hydrogen (secondary N) is 1. The Bertz CT molecular complexity index is 530. The Kier molecular flexibility index (Phi) is 3.40. The minimum absolute atomic E-state index is 0.0320. The summed E-state index contributed by atoms with van der Waals surface area (Å²) in [6.45, 7) is 1.36. The highest BCUT2D eigenvalue weighted by Crippen LogP contribution is 2.33. The van der Waals surface area contributed by atoms with E-state index in [0.29, 0.717) is 19.6 Å². The van der Waals surface area contributed by atoms with Gasteiger partial charge in [0, 0.05) is 25.6 Å². The number of imidazole rings is 1. The van der Waals surface area contributed by atoms with Crippen molar-refractivity contribution >= 4 is 17.8 Å². The molecule has 1 spiro atoms. The van der Waals surface area contributed by atoms with Crippen molar-refractivity contribution in [2.45, 2.75) is 24.9 Å². The lowest BCUT2D eigenvalue weighted by Crippen LogP contribution is -2.53. The molecule has 2 aliphatic rings. The molecule has 1 aromatic rings. The van der Waals surface area contributed by atoms with Gasteiger partial charge in [-0.1, -0.05) is 0 Å². The maximum atomic E-state index is 12.2. The van der Waals surface area contributed by atoms with Crippen LogP contribution in [0.25, 0.3) is 6.08 Å². The largest absolute Gasteiger partial charge is 0.367 e. The van der Waals surface area contributed by atoms with E-state index in [9.17, 15) is 9.59 Å². The van der Waals surface area contributed by atoms with Crippen LogP contribution < -0.4 is 0 Å². The molecule has 6 heteroatoms. The maximum Gasteiger partial charge on any atom is 0.247 e. The Morgan fingerprint density at radius 1 is 1.50 bits per heavy atom. The molecule has 106 valence electrons. The third-order valence-electron chi connectivity index (χ3n) is 3.97. The van der Waals surface area contributed by atoms with E-state index in [1.807, 2.05) is 0 Å². The molecule has 3 rings (SSSR count). The summed E-state index contributed by atoms with van der Waals surface area (Å²) in [5.41, 5.74) is 0.154. The number of carbonyl (C=O) groups is 2. The standard InChI is InChI=1S/C14H17N3O3/c18-12-9-17(6-5-14(12)4-1-7-20-14)13(19)3-2-11-8-15-10-16-11/h2-3,8,10H,1,4-7,9H2,(H,15,16)/b3-2+/t14-/m1/s1. The second-order valence-corrected chi connectivity index (χ2v) is 5.22. The number of aromatic nitrogens is 2. The number of rotatable bonds is 2. The van der Waals surface area contributed by atoms with Crippen molar-refractivity contribution in [2.75, 3.05) is 19.7 Å². The number of piperidine rings is 1. The molecule has 0 aliphatic carbocycles. The number of nitrogens with zero attached hydrogens (tertiary/aromatic N) is 2. The van der Waals surface area contributed by atoms with Gasteiger partial charge >= 0.3 is 0 Å². The monoisotopic (exact) mass is 275 g/mol. The van der Waals surface area contributed by atoms with Gasteiger partial charge < -0.3 is 14.6 Å².